The number of nitrogens with zero attached hydrogens (tertiary/aromatic N) is 3. The van der Waals surface area contributed by atoms with E-state index in [1.165, 1.54) is 12.4 Å². The maximum absolute atomic E-state index is 11.1. The van der Waals surface area contributed by atoms with E-state index in [-0.39, 0.29) is 5.56 Å². The van der Waals surface area contributed by atoms with Crippen molar-refractivity contribution < 1.29 is 14.6 Å². The van der Waals surface area contributed by atoms with Gasteiger partial charge in [-0.15, -0.1) is 11.3 Å². The van der Waals surface area contributed by atoms with Gasteiger partial charge in [0.05, 0.1) is 33.9 Å². The minimum atomic E-state index is -0.999. The van der Waals surface area contributed by atoms with Crippen molar-refractivity contribution in [2.24, 2.45) is 5.92 Å². The molecular weight excluding hydrogens is 338 g/mol. The molecule has 0 spiro atoms. The van der Waals surface area contributed by atoms with Crippen LogP contribution in [0.5, 0.6) is 5.75 Å². The second-order valence-electron chi connectivity index (χ2n) is 6.11. The Kier molecular flexibility index (Phi) is 4.85. The number of aromatic carboxylic acids is 1. The first-order valence-corrected chi connectivity index (χ1v) is 8.73. The maximum atomic E-state index is 11.1. The monoisotopic (exact) mass is 357 g/mol. The van der Waals surface area contributed by atoms with Crippen LogP contribution in [0, 0.1) is 12.8 Å². The first-order valence-electron chi connectivity index (χ1n) is 7.92. The molecule has 0 aliphatic rings. The van der Waals surface area contributed by atoms with E-state index < -0.39 is 5.97 Å². The van der Waals surface area contributed by atoms with E-state index in [4.69, 9.17) is 9.84 Å². The summed E-state index contributed by atoms with van der Waals surface area (Å²) in [5.41, 5.74) is 1.84. The standard InChI is InChI=1S/C18H19N3O3S/c1-11(2)10-24-16-5-4-14(21-9-13(7-20-21)18(22)23)6-15(16)17-8-19-12(3)25-17/h4-9,11H,10H2,1-3H3,(H,22,23). The molecule has 130 valence electrons. The molecule has 25 heavy (non-hydrogen) atoms. The van der Waals surface area contributed by atoms with Crippen molar-refractivity contribution in [2.45, 2.75) is 20.8 Å². The number of carboxylic acid groups (broad SMARTS) is 1. The van der Waals surface area contributed by atoms with Gasteiger partial charge >= 0.3 is 5.97 Å². The van der Waals surface area contributed by atoms with Crippen LogP contribution < -0.4 is 4.74 Å². The van der Waals surface area contributed by atoms with Gasteiger partial charge in [-0.05, 0) is 31.0 Å². The third-order valence-corrected chi connectivity index (χ3v) is 4.46. The van der Waals surface area contributed by atoms with Gasteiger partial charge in [0.1, 0.15) is 5.75 Å². The van der Waals surface area contributed by atoms with Gasteiger partial charge in [0.2, 0.25) is 0 Å². The van der Waals surface area contributed by atoms with E-state index in [1.807, 2.05) is 31.3 Å². The minimum absolute atomic E-state index is 0.148. The van der Waals surface area contributed by atoms with Crippen LogP contribution in [0.3, 0.4) is 0 Å². The molecule has 0 fully saturated rings. The lowest BCUT2D eigenvalue weighted by Gasteiger charge is -2.14. The third kappa shape index (κ3) is 3.88. The molecule has 6 nitrogen and oxygen atoms in total. The lowest BCUT2D eigenvalue weighted by Crippen LogP contribution is -2.05. The van der Waals surface area contributed by atoms with Crippen LogP contribution in [0.25, 0.3) is 16.1 Å². The molecule has 7 heteroatoms. The summed E-state index contributed by atoms with van der Waals surface area (Å²) in [6, 6.07) is 5.71. The summed E-state index contributed by atoms with van der Waals surface area (Å²) in [6.45, 7) is 6.78. The first-order chi connectivity index (χ1) is 11.9. The summed E-state index contributed by atoms with van der Waals surface area (Å²) in [6.07, 6.45) is 4.66. The number of ether oxygens (including phenoxy) is 1. The highest BCUT2D eigenvalue weighted by molar-refractivity contribution is 7.15. The zero-order chi connectivity index (χ0) is 18.0. The van der Waals surface area contributed by atoms with Crippen LogP contribution in [0.1, 0.15) is 29.2 Å². The van der Waals surface area contributed by atoms with Gasteiger partial charge in [-0.3, -0.25) is 0 Å². The van der Waals surface area contributed by atoms with Crippen LogP contribution in [-0.2, 0) is 0 Å². The molecule has 1 N–H and O–H groups in total. The van der Waals surface area contributed by atoms with E-state index in [9.17, 15) is 4.79 Å². The first kappa shape index (κ1) is 17.2. The van der Waals surface area contributed by atoms with Crippen molar-refractivity contribution >= 4 is 17.3 Å². The van der Waals surface area contributed by atoms with Gasteiger partial charge < -0.3 is 9.84 Å². The second-order valence-corrected chi connectivity index (χ2v) is 7.34. The van der Waals surface area contributed by atoms with Crippen LogP contribution in [0.15, 0.2) is 36.8 Å². The van der Waals surface area contributed by atoms with Crippen LogP contribution in [0.2, 0.25) is 0 Å². The lowest BCUT2D eigenvalue weighted by atomic mass is 10.1. The Labute approximate surface area is 149 Å². The molecule has 0 radical (unpaired) electrons. The summed E-state index contributed by atoms with van der Waals surface area (Å²) in [7, 11) is 0. The Bertz CT molecular complexity index is 899. The Morgan fingerprint density at radius 2 is 2.16 bits per heavy atom. The van der Waals surface area contributed by atoms with Crippen LogP contribution >= 0.6 is 11.3 Å². The number of hydrogen-bond acceptors (Lipinski definition) is 5. The number of benzene rings is 1. The number of thiazole rings is 1. The van der Waals surface area contributed by atoms with Gasteiger partial charge in [-0.1, -0.05) is 13.8 Å². The lowest BCUT2D eigenvalue weighted by molar-refractivity contribution is 0.0697. The quantitative estimate of drug-likeness (QED) is 0.720. The number of hydrogen-bond donors (Lipinski definition) is 1. The topological polar surface area (TPSA) is 77.2 Å². The summed E-state index contributed by atoms with van der Waals surface area (Å²) in [5.74, 6) is 0.202. The van der Waals surface area contributed by atoms with E-state index >= 15 is 0 Å². The van der Waals surface area contributed by atoms with Gasteiger partial charge in [-0.25, -0.2) is 14.5 Å². The Morgan fingerprint density at radius 1 is 1.36 bits per heavy atom. The molecule has 3 rings (SSSR count). The van der Waals surface area contributed by atoms with E-state index in [2.05, 4.69) is 23.9 Å². The molecule has 2 heterocycles. The third-order valence-electron chi connectivity index (χ3n) is 3.52. The van der Waals surface area contributed by atoms with Crippen LogP contribution in [-0.4, -0.2) is 32.4 Å². The van der Waals surface area contributed by atoms with Crippen molar-refractivity contribution in [3.05, 3.63) is 47.4 Å². The highest BCUT2D eigenvalue weighted by Gasteiger charge is 2.14. The van der Waals surface area contributed by atoms with Crippen LogP contribution in [0.4, 0.5) is 0 Å². The molecule has 0 aliphatic heterocycles. The summed E-state index contributed by atoms with van der Waals surface area (Å²) in [5, 5.41) is 14.2. The van der Waals surface area contributed by atoms with Gasteiger partial charge in [0, 0.05) is 18.0 Å². The van der Waals surface area contributed by atoms with Crippen molar-refractivity contribution in [3.8, 4) is 21.9 Å². The van der Waals surface area contributed by atoms with Crippen molar-refractivity contribution in [3.63, 3.8) is 0 Å². The number of aromatic nitrogens is 3. The molecule has 2 aromatic heterocycles. The fraction of sp³-hybridized carbons (Fsp3) is 0.278. The molecule has 0 saturated carbocycles. The van der Waals surface area contributed by atoms with Gasteiger partial charge in [-0.2, -0.15) is 5.10 Å². The Hall–Kier alpha value is -2.67. The van der Waals surface area contributed by atoms with Gasteiger partial charge in [0.25, 0.3) is 0 Å². The molecule has 3 aromatic rings. The van der Waals surface area contributed by atoms with E-state index in [0.29, 0.717) is 12.5 Å². The molecule has 0 unspecified atom stereocenters. The maximum Gasteiger partial charge on any atom is 0.338 e. The normalized spacial score (nSPS) is 11.0. The molecule has 0 atom stereocenters. The number of aryl methyl sites for hydroxylation is 1. The minimum Gasteiger partial charge on any atom is -0.493 e. The second kappa shape index (κ2) is 7.06. The predicted octanol–water partition coefficient (Wildman–Crippen LogP) is 4.04. The number of rotatable bonds is 6. The van der Waals surface area contributed by atoms with Crippen molar-refractivity contribution in [2.75, 3.05) is 6.61 Å². The Balaban J connectivity index is 2.02. The average molecular weight is 357 g/mol. The molecule has 0 aliphatic carbocycles. The van der Waals surface area contributed by atoms with E-state index in [1.54, 1.807) is 16.0 Å². The smallest absolute Gasteiger partial charge is 0.338 e. The van der Waals surface area contributed by atoms with Gasteiger partial charge in [0.15, 0.2) is 0 Å². The molecule has 0 saturated heterocycles. The highest BCUT2D eigenvalue weighted by Crippen LogP contribution is 2.35. The zero-order valence-corrected chi connectivity index (χ0v) is 15.1. The predicted molar refractivity (Wildman–Crippen MR) is 96.7 cm³/mol. The largest absolute Gasteiger partial charge is 0.493 e. The molecular formula is C18H19N3O3S. The van der Waals surface area contributed by atoms with Crippen molar-refractivity contribution in [1.82, 2.24) is 14.8 Å². The Morgan fingerprint density at radius 3 is 2.76 bits per heavy atom. The average Bonchev–Trinajstić information content (AvgIpc) is 3.22. The number of carbonyl (C=O) groups is 1. The summed E-state index contributed by atoms with van der Waals surface area (Å²) in [4.78, 5) is 16.4. The fourth-order valence-corrected chi connectivity index (χ4v) is 3.09. The highest BCUT2D eigenvalue weighted by atomic mass is 32.1. The number of carboxylic acids is 1. The zero-order valence-electron chi connectivity index (χ0n) is 14.3. The molecule has 0 amide bonds. The van der Waals surface area contributed by atoms with E-state index in [0.717, 1.165) is 26.9 Å². The van der Waals surface area contributed by atoms with Crippen molar-refractivity contribution in [1.29, 1.82) is 0 Å². The fourth-order valence-electron chi connectivity index (χ4n) is 2.30. The molecule has 1 aromatic carbocycles. The SMILES string of the molecule is Cc1ncc(-c2cc(-n3cc(C(=O)O)cn3)ccc2OCC(C)C)s1. The molecule has 0 bridgehead atoms. The summed E-state index contributed by atoms with van der Waals surface area (Å²) >= 11 is 1.59. The summed E-state index contributed by atoms with van der Waals surface area (Å²) < 4.78 is 7.50.